The van der Waals surface area contributed by atoms with Crippen molar-refractivity contribution in [1.82, 2.24) is 4.90 Å². The molecule has 0 radical (unpaired) electrons. The smallest absolute Gasteiger partial charge is 0.453 e. The molecule has 0 N–H and O–H groups in total. The van der Waals surface area contributed by atoms with E-state index in [0.717, 1.165) is 5.56 Å². The lowest BCUT2D eigenvalue weighted by Crippen LogP contribution is -2.32. The van der Waals surface area contributed by atoms with Crippen LogP contribution in [0.2, 0.25) is 0 Å². The molecule has 0 amide bonds. The van der Waals surface area contributed by atoms with Crippen molar-refractivity contribution in [2.45, 2.75) is 19.3 Å². The van der Waals surface area contributed by atoms with E-state index in [-0.39, 0.29) is 35.6 Å². The Balaban J connectivity index is 1.54. The van der Waals surface area contributed by atoms with Crippen LogP contribution in [0.4, 0.5) is 13.2 Å². The first kappa shape index (κ1) is 26.1. The van der Waals surface area contributed by atoms with Gasteiger partial charge < -0.3 is 23.4 Å². The number of esters is 1. The van der Waals surface area contributed by atoms with E-state index in [9.17, 15) is 22.8 Å². The first-order valence-corrected chi connectivity index (χ1v) is 11.7. The largest absolute Gasteiger partial charge is 0.496 e. The number of hydrogen-bond donors (Lipinski definition) is 0. The van der Waals surface area contributed by atoms with Crippen LogP contribution in [0.5, 0.6) is 23.0 Å². The molecule has 0 atom stereocenters. The SMILES string of the molecule is COC(=O)c1ccc(Oc2c(C(F)(F)F)oc3c4c(ccc3c2=O)OCN(Cc2ccccc2OC)C4)cc1. The average molecular weight is 541 g/mol. The molecule has 8 nitrogen and oxygen atoms in total. The van der Waals surface area contributed by atoms with E-state index in [2.05, 4.69) is 4.74 Å². The van der Waals surface area contributed by atoms with E-state index in [1.165, 1.54) is 43.5 Å². The number of alkyl halides is 3. The molecule has 11 heteroatoms. The Morgan fingerprint density at radius 1 is 1.03 bits per heavy atom. The van der Waals surface area contributed by atoms with Gasteiger partial charge in [-0.2, -0.15) is 13.2 Å². The molecule has 0 bridgehead atoms. The van der Waals surface area contributed by atoms with Crippen LogP contribution in [-0.2, 0) is 24.0 Å². The third-order valence-electron chi connectivity index (χ3n) is 6.20. The maximum atomic E-state index is 14.1. The van der Waals surface area contributed by atoms with Crippen LogP contribution in [0.25, 0.3) is 11.0 Å². The summed E-state index contributed by atoms with van der Waals surface area (Å²) < 4.78 is 68.9. The summed E-state index contributed by atoms with van der Waals surface area (Å²) in [6.07, 6.45) is -5.04. The monoisotopic (exact) mass is 541 g/mol. The van der Waals surface area contributed by atoms with Crippen LogP contribution in [0.1, 0.15) is 27.2 Å². The van der Waals surface area contributed by atoms with Crippen LogP contribution < -0.4 is 19.6 Å². The fourth-order valence-electron chi connectivity index (χ4n) is 4.34. The van der Waals surface area contributed by atoms with Crippen molar-refractivity contribution < 1.29 is 41.3 Å². The highest BCUT2D eigenvalue weighted by atomic mass is 19.4. The summed E-state index contributed by atoms with van der Waals surface area (Å²) in [4.78, 5) is 26.8. The summed E-state index contributed by atoms with van der Waals surface area (Å²) in [5, 5.41) is -0.0920. The van der Waals surface area contributed by atoms with E-state index < -0.39 is 29.1 Å². The van der Waals surface area contributed by atoms with Gasteiger partial charge in [0.2, 0.25) is 11.2 Å². The Kier molecular flexibility index (Phi) is 6.92. The zero-order valence-corrected chi connectivity index (χ0v) is 20.8. The highest BCUT2D eigenvalue weighted by molar-refractivity contribution is 5.89. The molecule has 0 saturated carbocycles. The van der Waals surface area contributed by atoms with Gasteiger partial charge in [-0.25, -0.2) is 4.79 Å². The zero-order valence-electron chi connectivity index (χ0n) is 20.8. The molecule has 0 saturated heterocycles. The molecule has 0 fully saturated rings. The molecular weight excluding hydrogens is 519 g/mol. The summed E-state index contributed by atoms with van der Waals surface area (Å²) in [7, 11) is 2.75. The summed E-state index contributed by atoms with van der Waals surface area (Å²) in [5.74, 6) is -2.33. The number of carbonyl (C=O) groups excluding carboxylic acids is 1. The summed E-state index contributed by atoms with van der Waals surface area (Å²) >= 11 is 0. The van der Waals surface area contributed by atoms with Gasteiger partial charge in [-0.1, -0.05) is 18.2 Å². The lowest BCUT2D eigenvalue weighted by molar-refractivity contribution is -0.154. The van der Waals surface area contributed by atoms with Crippen LogP contribution in [-0.4, -0.2) is 31.8 Å². The van der Waals surface area contributed by atoms with Gasteiger partial charge in [0, 0.05) is 18.7 Å². The Morgan fingerprint density at radius 3 is 2.46 bits per heavy atom. The van der Waals surface area contributed by atoms with E-state index >= 15 is 0 Å². The molecule has 0 spiro atoms. The number of benzene rings is 3. The summed E-state index contributed by atoms with van der Waals surface area (Å²) in [6.45, 7) is 0.731. The van der Waals surface area contributed by atoms with E-state index in [1.807, 2.05) is 29.2 Å². The van der Waals surface area contributed by atoms with Gasteiger partial charge in [-0.15, -0.1) is 0 Å². The fourth-order valence-corrected chi connectivity index (χ4v) is 4.34. The first-order valence-electron chi connectivity index (χ1n) is 11.7. The quantitative estimate of drug-likeness (QED) is 0.285. The van der Waals surface area contributed by atoms with Gasteiger partial charge in [0.15, 0.2) is 0 Å². The highest BCUT2D eigenvalue weighted by Crippen LogP contribution is 2.41. The lowest BCUT2D eigenvalue weighted by atomic mass is 10.1. The maximum absolute atomic E-state index is 14.1. The third-order valence-corrected chi connectivity index (χ3v) is 6.20. The second-order valence-electron chi connectivity index (χ2n) is 8.70. The van der Waals surface area contributed by atoms with Gasteiger partial charge in [-0.3, -0.25) is 9.69 Å². The minimum atomic E-state index is -5.04. The summed E-state index contributed by atoms with van der Waals surface area (Å²) in [5.41, 5.74) is 0.104. The van der Waals surface area contributed by atoms with Crippen molar-refractivity contribution in [2.75, 3.05) is 21.0 Å². The van der Waals surface area contributed by atoms with Crippen LogP contribution >= 0.6 is 0 Å². The van der Waals surface area contributed by atoms with Crippen molar-refractivity contribution in [2.24, 2.45) is 0 Å². The molecule has 5 rings (SSSR count). The Hall–Kier alpha value is -4.51. The average Bonchev–Trinajstić information content (AvgIpc) is 2.93. The number of ether oxygens (including phenoxy) is 4. The van der Waals surface area contributed by atoms with Crippen molar-refractivity contribution in [3.05, 3.63) is 93.3 Å². The second kappa shape index (κ2) is 10.3. The molecular formula is C28H22F3NO7. The van der Waals surface area contributed by atoms with Crippen LogP contribution in [0.3, 0.4) is 0 Å². The van der Waals surface area contributed by atoms with Gasteiger partial charge in [0.1, 0.15) is 29.6 Å². The topological polar surface area (TPSA) is 87.4 Å². The third kappa shape index (κ3) is 5.13. The van der Waals surface area contributed by atoms with E-state index in [4.69, 9.17) is 18.6 Å². The number of nitrogens with zero attached hydrogens (tertiary/aromatic N) is 1. The van der Waals surface area contributed by atoms with E-state index in [0.29, 0.717) is 23.6 Å². The number of rotatable bonds is 6. The van der Waals surface area contributed by atoms with Crippen molar-refractivity contribution in [3.8, 4) is 23.0 Å². The Bertz CT molecular complexity index is 1600. The van der Waals surface area contributed by atoms with Crippen molar-refractivity contribution >= 4 is 16.9 Å². The number of halogens is 3. The predicted octanol–water partition coefficient (Wildman–Crippen LogP) is 5.75. The number of hydrogen-bond acceptors (Lipinski definition) is 8. The van der Waals surface area contributed by atoms with Gasteiger partial charge in [0.25, 0.3) is 5.76 Å². The number of methoxy groups -OCH3 is 2. The Labute approximate surface area is 220 Å². The molecule has 3 aromatic carbocycles. The molecule has 39 heavy (non-hydrogen) atoms. The normalized spacial score (nSPS) is 13.5. The Morgan fingerprint density at radius 2 is 1.77 bits per heavy atom. The molecule has 1 aromatic heterocycles. The number of carbonyl (C=O) groups is 1. The fraction of sp³-hybridized carbons (Fsp3) is 0.214. The standard InChI is InChI=1S/C28H22F3NO7/c1-35-21-6-4-3-5-17(21)13-32-14-20-22(37-15-32)12-11-19-23(33)25(26(28(29,30)31)39-24(19)20)38-18-9-7-16(8-10-18)27(34)36-2/h3-12H,13-15H2,1-2H3. The minimum absolute atomic E-state index is 0.0920. The van der Waals surface area contributed by atoms with Gasteiger partial charge >= 0.3 is 12.1 Å². The molecule has 202 valence electrons. The lowest BCUT2D eigenvalue weighted by Gasteiger charge is -2.29. The second-order valence-corrected chi connectivity index (χ2v) is 8.70. The molecule has 0 aliphatic carbocycles. The van der Waals surface area contributed by atoms with E-state index in [1.54, 1.807) is 7.11 Å². The van der Waals surface area contributed by atoms with Crippen molar-refractivity contribution in [1.29, 1.82) is 0 Å². The molecule has 4 aromatic rings. The molecule has 1 aliphatic rings. The number of para-hydroxylation sites is 1. The molecule has 2 heterocycles. The minimum Gasteiger partial charge on any atom is -0.496 e. The number of fused-ring (bicyclic) bond motifs is 3. The first-order chi connectivity index (χ1) is 18.7. The molecule has 1 aliphatic heterocycles. The van der Waals surface area contributed by atoms with Gasteiger partial charge in [-0.05, 0) is 42.5 Å². The van der Waals surface area contributed by atoms with Crippen LogP contribution in [0.15, 0.2) is 69.9 Å². The highest BCUT2D eigenvalue weighted by Gasteiger charge is 2.41. The molecule has 0 unspecified atom stereocenters. The van der Waals surface area contributed by atoms with Crippen LogP contribution in [0, 0.1) is 0 Å². The van der Waals surface area contributed by atoms with Crippen molar-refractivity contribution in [3.63, 3.8) is 0 Å². The summed E-state index contributed by atoms with van der Waals surface area (Å²) in [6, 6.07) is 15.4. The van der Waals surface area contributed by atoms with Gasteiger partial charge in [0.05, 0.1) is 30.7 Å². The maximum Gasteiger partial charge on any atom is 0.453 e. The predicted molar refractivity (Wildman–Crippen MR) is 133 cm³/mol. The zero-order chi connectivity index (χ0) is 27.7.